The molecule has 1 N–H and O–H groups in total. The number of anilines is 1. The Morgan fingerprint density at radius 3 is 2.45 bits per heavy atom. The summed E-state index contributed by atoms with van der Waals surface area (Å²) in [5, 5.41) is 7.16. The highest BCUT2D eigenvalue weighted by molar-refractivity contribution is 7.99. The predicted octanol–water partition coefficient (Wildman–Crippen LogP) is 5.11. The van der Waals surface area contributed by atoms with Gasteiger partial charge in [-0.25, -0.2) is 0 Å². The standard InChI is InChI=1S/C22H20F3N3O2S/c1-14(2)15-6-8-18(9-7-15)28-21(30)11-10-20(27-28)31-13-19(29)26-17-5-3-4-16(12-17)22(23,24)25/h3-12,14H,13H2,1-2H3,(H,26,29). The van der Waals surface area contributed by atoms with Crippen molar-refractivity contribution in [2.45, 2.75) is 31.0 Å². The molecule has 0 aliphatic rings. The average molecular weight is 447 g/mol. The molecule has 0 aliphatic heterocycles. The van der Waals surface area contributed by atoms with E-state index < -0.39 is 17.6 Å². The number of halogens is 3. The van der Waals surface area contributed by atoms with Crippen LogP contribution in [0, 0.1) is 0 Å². The van der Waals surface area contributed by atoms with Crippen LogP contribution in [0.3, 0.4) is 0 Å². The highest BCUT2D eigenvalue weighted by Crippen LogP contribution is 2.30. The molecule has 0 saturated heterocycles. The molecule has 1 aromatic heterocycles. The van der Waals surface area contributed by atoms with Crippen LogP contribution in [0.1, 0.15) is 30.9 Å². The number of nitrogens with zero attached hydrogens (tertiary/aromatic N) is 2. The summed E-state index contributed by atoms with van der Waals surface area (Å²) >= 11 is 1.08. The Hall–Kier alpha value is -3.07. The molecule has 162 valence electrons. The van der Waals surface area contributed by atoms with Gasteiger partial charge in [-0.05, 0) is 47.9 Å². The molecule has 0 saturated carbocycles. The fourth-order valence-electron chi connectivity index (χ4n) is 2.77. The van der Waals surface area contributed by atoms with Crippen molar-refractivity contribution in [3.63, 3.8) is 0 Å². The normalized spacial score (nSPS) is 11.5. The van der Waals surface area contributed by atoms with E-state index in [1.165, 1.54) is 28.9 Å². The number of hydrogen-bond donors (Lipinski definition) is 1. The molecular weight excluding hydrogens is 427 g/mol. The van der Waals surface area contributed by atoms with Crippen molar-refractivity contribution in [1.82, 2.24) is 9.78 Å². The maximum absolute atomic E-state index is 12.8. The van der Waals surface area contributed by atoms with Gasteiger partial charge >= 0.3 is 6.18 Å². The highest BCUT2D eigenvalue weighted by Gasteiger charge is 2.30. The summed E-state index contributed by atoms with van der Waals surface area (Å²) in [7, 11) is 0. The van der Waals surface area contributed by atoms with Crippen LogP contribution < -0.4 is 10.9 Å². The number of benzene rings is 2. The third-order valence-corrected chi connectivity index (χ3v) is 5.32. The minimum atomic E-state index is -4.49. The first kappa shape index (κ1) is 22.6. The van der Waals surface area contributed by atoms with Crippen LogP contribution in [0.15, 0.2) is 70.5 Å². The van der Waals surface area contributed by atoms with Crippen molar-refractivity contribution in [3.05, 3.63) is 82.1 Å². The molecule has 0 aliphatic carbocycles. The van der Waals surface area contributed by atoms with Crippen molar-refractivity contribution in [3.8, 4) is 5.69 Å². The summed E-state index contributed by atoms with van der Waals surface area (Å²) < 4.78 is 39.6. The van der Waals surface area contributed by atoms with Crippen molar-refractivity contribution in [2.24, 2.45) is 0 Å². The van der Waals surface area contributed by atoms with Crippen LogP contribution in [-0.2, 0) is 11.0 Å². The Morgan fingerprint density at radius 1 is 1.10 bits per heavy atom. The number of hydrogen-bond acceptors (Lipinski definition) is 4. The molecule has 0 fully saturated rings. The van der Waals surface area contributed by atoms with Gasteiger partial charge in [0, 0.05) is 11.8 Å². The maximum Gasteiger partial charge on any atom is 0.416 e. The lowest BCUT2D eigenvalue weighted by molar-refractivity contribution is -0.137. The van der Waals surface area contributed by atoms with Gasteiger partial charge in [0.2, 0.25) is 5.91 Å². The lowest BCUT2D eigenvalue weighted by atomic mass is 10.0. The molecule has 0 radical (unpaired) electrons. The van der Waals surface area contributed by atoms with Gasteiger partial charge in [0.05, 0.1) is 17.0 Å². The number of rotatable bonds is 6. The summed E-state index contributed by atoms with van der Waals surface area (Å²) in [4.78, 5) is 24.4. The molecule has 0 atom stereocenters. The summed E-state index contributed by atoms with van der Waals surface area (Å²) in [6.45, 7) is 4.14. The molecular formula is C22H20F3N3O2S. The minimum absolute atomic E-state index is 0.0589. The second-order valence-corrected chi connectivity index (χ2v) is 8.08. The molecule has 3 rings (SSSR count). The lowest BCUT2D eigenvalue weighted by Crippen LogP contribution is -2.21. The number of carbonyl (C=O) groups excluding carboxylic acids is 1. The van der Waals surface area contributed by atoms with Crippen molar-refractivity contribution < 1.29 is 18.0 Å². The Bertz CT molecular complexity index is 1130. The van der Waals surface area contributed by atoms with Gasteiger partial charge < -0.3 is 5.32 Å². The van der Waals surface area contributed by atoms with Gasteiger partial charge in [0.1, 0.15) is 5.03 Å². The lowest BCUT2D eigenvalue weighted by Gasteiger charge is -2.10. The number of alkyl halides is 3. The summed E-state index contributed by atoms with van der Waals surface area (Å²) in [5.41, 5.74) is 0.646. The van der Waals surface area contributed by atoms with Crippen LogP contribution in [-0.4, -0.2) is 21.4 Å². The average Bonchev–Trinajstić information content (AvgIpc) is 2.73. The zero-order valence-electron chi connectivity index (χ0n) is 16.8. The maximum atomic E-state index is 12.8. The number of nitrogens with one attached hydrogen (secondary N) is 1. The van der Waals surface area contributed by atoms with E-state index in [0.717, 1.165) is 29.5 Å². The first-order valence-corrected chi connectivity index (χ1v) is 10.4. The molecule has 3 aromatic rings. The number of amides is 1. The highest BCUT2D eigenvalue weighted by atomic mass is 32.2. The molecule has 0 unspecified atom stereocenters. The number of carbonyl (C=O) groups is 1. The second kappa shape index (κ2) is 9.38. The van der Waals surface area contributed by atoms with E-state index in [1.807, 2.05) is 12.1 Å². The summed E-state index contributed by atoms with van der Waals surface area (Å²) in [6, 6.07) is 14.8. The van der Waals surface area contributed by atoms with Crippen molar-refractivity contribution in [2.75, 3.05) is 11.1 Å². The Morgan fingerprint density at radius 2 is 1.81 bits per heavy atom. The molecule has 2 aromatic carbocycles. The van der Waals surface area contributed by atoms with E-state index in [0.29, 0.717) is 16.6 Å². The predicted molar refractivity (Wildman–Crippen MR) is 115 cm³/mol. The third kappa shape index (κ3) is 5.97. The summed E-state index contributed by atoms with van der Waals surface area (Å²) in [6.07, 6.45) is -4.49. The zero-order valence-corrected chi connectivity index (χ0v) is 17.6. The van der Waals surface area contributed by atoms with Crippen molar-refractivity contribution in [1.29, 1.82) is 0 Å². The first-order valence-electron chi connectivity index (χ1n) is 9.44. The van der Waals surface area contributed by atoms with E-state index in [-0.39, 0.29) is 17.0 Å². The monoisotopic (exact) mass is 447 g/mol. The molecule has 0 bridgehead atoms. The molecule has 0 spiro atoms. The fraction of sp³-hybridized carbons (Fsp3) is 0.227. The van der Waals surface area contributed by atoms with Crippen LogP contribution in [0.5, 0.6) is 0 Å². The number of thioether (sulfide) groups is 1. The van der Waals surface area contributed by atoms with E-state index in [1.54, 1.807) is 12.1 Å². The van der Waals surface area contributed by atoms with E-state index in [4.69, 9.17) is 0 Å². The minimum Gasteiger partial charge on any atom is -0.325 e. The zero-order chi connectivity index (χ0) is 22.6. The van der Waals surface area contributed by atoms with Gasteiger partial charge in [0.15, 0.2) is 0 Å². The van der Waals surface area contributed by atoms with E-state index >= 15 is 0 Å². The molecule has 5 nitrogen and oxygen atoms in total. The second-order valence-electron chi connectivity index (χ2n) is 7.08. The van der Waals surface area contributed by atoms with Gasteiger partial charge in [-0.1, -0.05) is 43.8 Å². The van der Waals surface area contributed by atoms with Gasteiger partial charge in [-0.3, -0.25) is 9.59 Å². The van der Waals surface area contributed by atoms with Gasteiger partial charge in [-0.15, -0.1) is 0 Å². The first-order chi connectivity index (χ1) is 14.6. The van der Waals surface area contributed by atoms with Crippen LogP contribution in [0.25, 0.3) is 5.69 Å². The Kier molecular flexibility index (Phi) is 6.84. The Balaban J connectivity index is 1.68. The summed E-state index contributed by atoms with van der Waals surface area (Å²) in [5.74, 6) is -0.200. The molecule has 1 amide bonds. The quantitative estimate of drug-likeness (QED) is 0.534. The molecule has 1 heterocycles. The van der Waals surface area contributed by atoms with Crippen LogP contribution >= 0.6 is 11.8 Å². The smallest absolute Gasteiger partial charge is 0.325 e. The SMILES string of the molecule is CC(C)c1ccc(-n2nc(SCC(=O)Nc3cccc(C(F)(F)F)c3)ccc2=O)cc1. The topological polar surface area (TPSA) is 64.0 Å². The number of aromatic nitrogens is 2. The van der Waals surface area contributed by atoms with E-state index in [9.17, 15) is 22.8 Å². The van der Waals surface area contributed by atoms with Crippen LogP contribution in [0.4, 0.5) is 18.9 Å². The van der Waals surface area contributed by atoms with Crippen molar-refractivity contribution >= 4 is 23.4 Å². The van der Waals surface area contributed by atoms with E-state index in [2.05, 4.69) is 24.3 Å². The third-order valence-electron chi connectivity index (χ3n) is 4.40. The molecule has 9 heteroatoms. The van der Waals surface area contributed by atoms with Gasteiger partial charge in [0.25, 0.3) is 5.56 Å². The Labute approximate surface area is 181 Å². The van der Waals surface area contributed by atoms with Gasteiger partial charge in [-0.2, -0.15) is 23.0 Å². The van der Waals surface area contributed by atoms with Crippen LogP contribution in [0.2, 0.25) is 0 Å². The molecule has 31 heavy (non-hydrogen) atoms. The fourth-order valence-corrected chi connectivity index (χ4v) is 3.42. The largest absolute Gasteiger partial charge is 0.416 e.